The molecule has 0 saturated carbocycles. The van der Waals surface area contributed by atoms with Gasteiger partial charge in [-0.05, 0) is 69.4 Å². The summed E-state index contributed by atoms with van der Waals surface area (Å²) in [5, 5.41) is 5.98. The molecule has 0 unspecified atom stereocenters. The van der Waals surface area contributed by atoms with Crippen molar-refractivity contribution in [3.05, 3.63) is 54.1 Å². The van der Waals surface area contributed by atoms with Crippen LogP contribution in [0.5, 0.6) is 5.75 Å². The Hall–Kier alpha value is -2.64. The van der Waals surface area contributed by atoms with E-state index in [0.717, 1.165) is 24.5 Å². The first-order valence-corrected chi connectivity index (χ1v) is 10.3. The Kier molecular flexibility index (Phi) is 9.40. The molecule has 0 aliphatic rings. The molecule has 0 heterocycles. The number of anilines is 2. The standard InChI is InChI=1S/C22H29N3O3S/c1-4-25(5-2)18-13-11-17(12-14-18)23-22(29)24-21(26)19-9-7-8-10-20(19)28-16-15-27-6-3/h7-14H,4-6,15-16H2,1-3H3,(H2,23,24,26,29). The van der Waals surface area contributed by atoms with E-state index in [-0.39, 0.29) is 11.0 Å². The molecule has 2 aromatic rings. The molecule has 6 nitrogen and oxygen atoms in total. The minimum Gasteiger partial charge on any atom is -0.490 e. The predicted molar refractivity (Wildman–Crippen MR) is 122 cm³/mol. The molecular formula is C22H29N3O3S. The zero-order valence-electron chi connectivity index (χ0n) is 17.2. The Labute approximate surface area is 178 Å². The number of rotatable bonds is 10. The van der Waals surface area contributed by atoms with Gasteiger partial charge in [-0.1, -0.05) is 12.1 Å². The highest BCUT2D eigenvalue weighted by molar-refractivity contribution is 7.80. The van der Waals surface area contributed by atoms with Crippen molar-refractivity contribution in [2.75, 3.05) is 43.1 Å². The van der Waals surface area contributed by atoms with Crippen molar-refractivity contribution in [2.45, 2.75) is 20.8 Å². The van der Waals surface area contributed by atoms with Crippen molar-refractivity contribution >= 4 is 34.6 Å². The summed E-state index contributed by atoms with van der Waals surface area (Å²) in [6.45, 7) is 9.54. The lowest BCUT2D eigenvalue weighted by Gasteiger charge is -2.21. The summed E-state index contributed by atoms with van der Waals surface area (Å²) in [6.07, 6.45) is 0. The van der Waals surface area contributed by atoms with Gasteiger partial charge in [0.15, 0.2) is 5.11 Å². The zero-order valence-corrected chi connectivity index (χ0v) is 18.1. The van der Waals surface area contributed by atoms with Gasteiger partial charge in [0.2, 0.25) is 0 Å². The highest BCUT2D eigenvalue weighted by Crippen LogP contribution is 2.19. The highest BCUT2D eigenvalue weighted by Gasteiger charge is 2.13. The molecule has 2 aromatic carbocycles. The Morgan fingerprint density at radius 3 is 2.34 bits per heavy atom. The van der Waals surface area contributed by atoms with Crippen molar-refractivity contribution in [3.63, 3.8) is 0 Å². The number of nitrogens with zero attached hydrogens (tertiary/aromatic N) is 1. The number of ether oxygens (including phenoxy) is 2. The van der Waals surface area contributed by atoms with E-state index < -0.39 is 0 Å². The van der Waals surface area contributed by atoms with E-state index in [1.807, 2.05) is 37.3 Å². The fourth-order valence-electron chi connectivity index (χ4n) is 2.81. The van der Waals surface area contributed by atoms with Crippen molar-refractivity contribution < 1.29 is 14.3 Å². The van der Waals surface area contributed by atoms with Crippen LogP contribution in [0.25, 0.3) is 0 Å². The predicted octanol–water partition coefficient (Wildman–Crippen LogP) is 4.07. The van der Waals surface area contributed by atoms with Crippen molar-refractivity contribution in [1.29, 1.82) is 0 Å². The third-order valence-corrected chi connectivity index (χ3v) is 4.51. The second kappa shape index (κ2) is 12.0. The third-order valence-electron chi connectivity index (χ3n) is 4.30. The van der Waals surface area contributed by atoms with E-state index in [9.17, 15) is 4.79 Å². The fourth-order valence-corrected chi connectivity index (χ4v) is 3.02. The monoisotopic (exact) mass is 415 g/mol. The molecule has 0 aromatic heterocycles. The first-order valence-electron chi connectivity index (χ1n) is 9.85. The number of hydrogen-bond acceptors (Lipinski definition) is 5. The number of para-hydroxylation sites is 1. The molecule has 0 saturated heterocycles. The molecule has 0 spiro atoms. The van der Waals surface area contributed by atoms with Crippen LogP contribution in [0.1, 0.15) is 31.1 Å². The van der Waals surface area contributed by atoms with Gasteiger partial charge < -0.3 is 19.7 Å². The lowest BCUT2D eigenvalue weighted by molar-refractivity contribution is 0.0958. The van der Waals surface area contributed by atoms with Crippen molar-refractivity contribution in [3.8, 4) is 5.75 Å². The number of benzene rings is 2. The number of carbonyl (C=O) groups excluding carboxylic acids is 1. The summed E-state index contributed by atoms with van der Waals surface area (Å²) < 4.78 is 10.9. The molecule has 0 fully saturated rings. The van der Waals surface area contributed by atoms with E-state index >= 15 is 0 Å². The van der Waals surface area contributed by atoms with Crippen LogP contribution in [0.2, 0.25) is 0 Å². The molecule has 1 amide bonds. The summed E-state index contributed by atoms with van der Waals surface area (Å²) in [6, 6.07) is 15.0. The average Bonchev–Trinajstić information content (AvgIpc) is 2.73. The molecule has 2 rings (SSSR count). The van der Waals surface area contributed by atoms with Crippen LogP contribution in [0.4, 0.5) is 11.4 Å². The van der Waals surface area contributed by atoms with Crippen LogP contribution >= 0.6 is 12.2 Å². The number of nitrogens with one attached hydrogen (secondary N) is 2. The Balaban J connectivity index is 1.94. The maximum Gasteiger partial charge on any atom is 0.261 e. The van der Waals surface area contributed by atoms with E-state index in [1.165, 1.54) is 0 Å². The van der Waals surface area contributed by atoms with Crippen LogP contribution in [-0.4, -0.2) is 43.9 Å². The number of carbonyl (C=O) groups is 1. The maximum absolute atomic E-state index is 12.6. The van der Waals surface area contributed by atoms with Gasteiger partial charge in [-0.15, -0.1) is 0 Å². The minimum atomic E-state index is -0.325. The van der Waals surface area contributed by atoms with Crippen LogP contribution in [-0.2, 0) is 4.74 Å². The third kappa shape index (κ3) is 7.03. The molecule has 0 bridgehead atoms. The summed E-state index contributed by atoms with van der Waals surface area (Å²) in [4.78, 5) is 14.9. The lowest BCUT2D eigenvalue weighted by atomic mass is 10.2. The van der Waals surface area contributed by atoms with E-state index in [0.29, 0.717) is 31.1 Å². The molecule has 0 radical (unpaired) electrons. The van der Waals surface area contributed by atoms with E-state index in [4.69, 9.17) is 21.7 Å². The Morgan fingerprint density at radius 1 is 1.00 bits per heavy atom. The molecule has 0 atom stereocenters. The van der Waals surface area contributed by atoms with Crippen LogP contribution in [0.3, 0.4) is 0 Å². The first-order chi connectivity index (χ1) is 14.1. The Bertz CT molecular complexity index is 792. The molecule has 156 valence electrons. The normalized spacial score (nSPS) is 10.3. The topological polar surface area (TPSA) is 62.8 Å². The van der Waals surface area contributed by atoms with Crippen LogP contribution < -0.4 is 20.3 Å². The molecule has 7 heteroatoms. The summed E-state index contributed by atoms with van der Waals surface area (Å²) >= 11 is 5.29. The largest absolute Gasteiger partial charge is 0.490 e. The van der Waals surface area contributed by atoms with Gasteiger partial charge in [-0.2, -0.15) is 0 Å². The maximum atomic E-state index is 12.6. The number of amides is 1. The quantitative estimate of drug-likeness (QED) is 0.450. The summed E-state index contributed by atoms with van der Waals surface area (Å²) in [5.74, 6) is 0.172. The average molecular weight is 416 g/mol. The van der Waals surface area contributed by atoms with Gasteiger partial charge in [0.25, 0.3) is 5.91 Å². The zero-order chi connectivity index (χ0) is 21.1. The first kappa shape index (κ1) is 22.6. The van der Waals surface area contributed by atoms with Crippen molar-refractivity contribution in [2.24, 2.45) is 0 Å². The SMILES string of the molecule is CCOCCOc1ccccc1C(=O)NC(=S)Nc1ccc(N(CC)CC)cc1. The molecule has 0 aliphatic heterocycles. The van der Waals surface area contributed by atoms with Gasteiger partial charge >= 0.3 is 0 Å². The summed E-state index contributed by atoms with van der Waals surface area (Å²) in [5.41, 5.74) is 2.38. The summed E-state index contributed by atoms with van der Waals surface area (Å²) in [7, 11) is 0. The van der Waals surface area contributed by atoms with Gasteiger partial charge in [0, 0.05) is 31.1 Å². The molecule has 0 aliphatic carbocycles. The smallest absolute Gasteiger partial charge is 0.261 e. The second-order valence-electron chi connectivity index (χ2n) is 6.17. The molecular weight excluding hydrogens is 386 g/mol. The Morgan fingerprint density at radius 2 is 1.69 bits per heavy atom. The fraction of sp³-hybridized carbons (Fsp3) is 0.364. The number of hydrogen-bond donors (Lipinski definition) is 2. The van der Waals surface area contributed by atoms with Gasteiger partial charge in [0.05, 0.1) is 12.2 Å². The number of thiocarbonyl (C=S) groups is 1. The lowest BCUT2D eigenvalue weighted by Crippen LogP contribution is -2.34. The van der Waals surface area contributed by atoms with Crippen LogP contribution in [0.15, 0.2) is 48.5 Å². The van der Waals surface area contributed by atoms with E-state index in [2.05, 4.69) is 29.4 Å². The van der Waals surface area contributed by atoms with E-state index in [1.54, 1.807) is 18.2 Å². The van der Waals surface area contributed by atoms with Gasteiger partial charge in [-0.3, -0.25) is 10.1 Å². The van der Waals surface area contributed by atoms with Gasteiger partial charge in [-0.25, -0.2) is 0 Å². The van der Waals surface area contributed by atoms with Crippen molar-refractivity contribution in [1.82, 2.24) is 5.32 Å². The minimum absolute atomic E-state index is 0.231. The molecule has 29 heavy (non-hydrogen) atoms. The van der Waals surface area contributed by atoms with Crippen LogP contribution in [0, 0.1) is 0 Å². The second-order valence-corrected chi connectivity index (χ2v) is 6.58. The van der Waals surface area contributed by atoms with Gasteiger partial charge in [0.1, 0.15) is 12.4 Å². The molecule has 2 N–H and O–H groups in total. The highest BCUT2D eigenvalue weighted by atomic mass is 32.1.